The van der Waals surface area contributed by atoms with E-state index in [4.69, 9.17) is 28.8 Å². The van der Waals surface area contributed by atoms with Gasteiger partial charge < -0.3 is 33.7 Å². The summed E-state index contributed by atoms with van der Waals surface area (Å²) in [5.41, 5.74) is -0.0495. The molecule has 9 nitrogen and oxygen atoms in total. The van der Waals surface area contributed by atoms with Crippen LogP contribution in [-0.2, 0) is 28.5 Å². The number of carbonyl (C=O) groups is 2. The van der Waals surface area contributed by atoms with Gasteiger partial charge in [-0.15, -0.1) is 0 Å². The molecule has 1 amide bonds. The lowest BCUT2D eigenvalue weighted by atomic mass is 9.68. The minimum atomic E-state index is -1.03. The summed E-state index contributed by atoms with van der Waals surface area (Å²) in [5, 5.41) is 8.80. The van der Waals surface area contributed by atoms with Crippen LogP contribution in [0.1, 0.15) is 47.0 Å². The number of hydrogen-bond donors (Lipinski definition) is 1. The largest absolute Gasteiger partial charge is 0.480 e. The van der Waals surface area contributed by atoms with Crippen molar-refractivity contribution >= 4 is 12.1 Å². The van der Waals surface area contributed by atoms with Gasteiger partial charge in [0.15, 0.2) is 0 Å². The molecule has 0 aromatic carbocycles. The van der Waals surface area contributed by atoms with Gasteiger partial charge in [0.05, 0.1) is 31.7 Å². The molecule has 32 heavy (non-hydrogen) atoms. The molecule has 1 aliphatic carbocycles. The van der Waals surface area contributed by atoms with Crippen molar-refractivity contribution in [2.75, 3.05) is 33.4 Å². The van der Waals surface area contributed by atoms with Crippen LogP contribution in [0.15, 0.2) is 11.6 Å². The monoisotopic (exact) mass is 453 g/mol. The predicted molar refractivity (Wildman–Crippen MR) is 113 cm³/mol. The number of ether oxygens (including phenoxy) is 5. The number of allylic oxidation sites excluding steroid dienone is 1. The highest BCUT2D eigenvalue weighted by molar-refractivity contribution is 5.70. The molecule has 1 saturated carbocycles. The summed E-state index contributed by atoms with van der Waals surface area (Å²) < 4.78 is 29.3. The maximum absolute atomic E-state index is 12.8. The molecular formula is C23H35NO8. The first-order chi connectivity index (χ1) is 15.0. The Bertz CT molecular complexity index is 783. The van der Waals surface area contributed by atoms with Crippen LogP contribution in [0.3, 0.4) is 0 Å². The molecule has 180 valence electrons. The topological polar surface area (TPSA) is 110 Å². The van der Waals surface area contributed by atoms with E-state index in [-0.39, 0.29) is 35.9 Å². The number of carbonyl (C=O) groups excluding carboxylic acids is 1. The second kappa shape index (κ2) is 8.27. The lowest BCUT2D eigenvalue weighted by molar-refractivity contribution is -0.165. The minimum absolute atomic E-state index is 0.0253. The van der Waals surface area contributed by atoms with Gasteiger partial charge in [-0.1, -0.05) is 11.6 Å². The van der Waals surface area contributed by atoms with Gasteiger partial charge in [-0.25, -0.2) is 9.59 Å². The zero-order valence-electron chi connectivity index (χ0n) is 19.6. The minimum Gasteiger partial charge on any atom is -0.480 e. The Morgan fingerprint density at radius 2 is 1.94 bits per heavy atom. The van der Waals surface area contributed by atoms with Crippen molar-refractivity contribution in [2.24, 2.45) is 5.92 Å². The van der Waals surface area contributed by atoms with Crippen molar-refractivity contribution in [2.45, 2.75) is 82.1 Å². The number of likely N-dealkylation sites (tertiary alicyclic amines) is 1. The Morgan fingerprint density at radius 3 is 2.50 bits per heavy atom. The van der Waals surface area contributed by atoms with Gasteiger partial charge in [-0.05, 0) is 47.0 Å². The molecule has 0 radical (unpaired) electrons. The number of nitrogens with zero attached hydrogens (tertiary/aromatic N) is 1. The zero-order chi connectivity index (χ0) is 23.3. The van der Waals surface area contributed by atoms with Crippen molar-refractivity contribution in [3.05, 3.63) is 11.6 Å². The van der Waals surface area contributed by atoms with Crippen molar-refractivity contribution < 1.29 is 38.4 Å². The van der Waals surface area contributed by atoms with E-state index in [1.165, 1.54) is 10.5 Å². The first-order valence-electron chi connectivity index (χ1n) is 11.3. The third kappa shape index (κ3) is 4.40. The average molecular weight is 454 g/mol. The molecule has 1 spiro atoms. The van der Waals surface area contributed by atoms with Crippen LogP contribution < -0.4 is 0 Å². The molecule has 4 rings (SSSR count). The second-order valence-corrected chi connectivity index (χ2v) is 10.3. The Morgan fingerprint density at radius 1 is 1.25 bits per heavy atom. The first-order valence-corrected chi connectivity index (χ1v) is 11.3. The summed E-state index contributed by atoms with van der Waals surface area (Å²) in [4.78, 5) is 25.1. The number of amides is 1. The molecule has 0 aromatic heterocycles. The number of epoxide rings is 2. The van der Waals surface area contributed by atoms with E-state index < -0.39 is 23.8 Å². The number of carboxylic acid groups (broad SMARTS) is 1. The summed E-state index contributed by atoms with van der Waals surface area (Å²) in [7, 11) is 1.65. The van der Waals surface area contributed by atoms with Crippen LogP contribution in [0.2, 0.25) is 0 Å². The summed E-state index contributed by atoms with van der Waals surface area (Å²) in [6.45, 7) is 8.94. The number of rotatable bonds is 8. The van der Waals surface area contributed by atoms with Crippen LogP contribution in [0.4, 0.5) is 4.79 Å². The molecule has 3 heterocycles. The maximum atomic E-state index is 12.8. The number of aliphatic carboxylic acids is 1. The molecule has 6 atom stereocenters. The van der Waals surface area contributed by atoms with E-state index in [0.29, 0.717) is 26.1 Å². The van der Waals surface area contributed by atoms with Crippen molar-refractivity contribution in [1.29, 1.82) is 0 Å². The van der Waals surface area contributed by atoms with Gasteiger partial charge in [-0.2, -0.15) is 0 Å². The maximum Gasteiger partial charge on any atom is 0.410 e. The van der Waals surface area contributed by atoms with E-state index in [2.05, 4.69) is 26.8 Å². The Balaban J connectivity index is 1.39. The molecule has 0 bridgehead atoms. The van der Waals surface area contributed by atoms with Crippen molar-refractivity contribution in [3.63, 3.8) is 0 Å². The van der Waals surface area contributed by atoms with Gasteiger partial charge in [0.2, 0.25) is 0 Å². The first kappa shape index (κ1) is 23.5. The van der Waals surface area contributed by atoms with Crippen LogP contribution in [0.5, 0.6) is 0 Å². The Hall–Kier alpha value is -1.68. The van der Waals surface area contributed by atoms with Crippen LogP contribution in [-0.4, -0.2) is 90.6 Å². The van der Waals surface area contributed by atoms with E-state index in [1.807, 2.05) is 0 Å². The lowest BCUT2D eigenvalue weighted by Gasteiger charge is -2.48. The van der Waals surface area contributed by atoms with Gasteiger partial charge in [0, 0.05) is 7.11 Å². The van der Waals surface area contributed by atoms with Crippen molar-refractivity contribution in [1.82, 2.24) is 4.90 Å². The highest BCUT2D eigenvalue weighted by atomic mass is 16.6. The van der Waals surface area contributed by atoms with Crippen LogP contribution >= 0.6 is 0 Å². The summed E-state index contributed by atoms with van der Waals surface area (Å²) >= 11 is 0. The van der Waals surface area contributed by atoms with Gasteiger partial charge in [0.25, 0.3) is 0 Å². The molecule has 3 aliphatic heterocycles. The molecule has 9 heteroatoms. The fourth-order valence-corrected chi connectivity index (χ4v) is 5.49. The van der Waals surface area contributed by atoms with Gasteiger partial charge in [0.1, 0.15) is 35.6 Å². The van der Waals surface area contributed by atoms with Crippen molar-refractivity contribution in [3.8, 4) is 0 Å². The highest BCUT2D eigenvalue weighted by Crippen LogP contribution is 2.59. The lowest BCUT2D eigenvalue weighted by Crippen LogP contribution is -2.64. The zero-order valence-corrected chi connectivity index (χ0v) is 19.6. The third-order valence-corrected chi connectivity index (χ3v) is 7.34. The molecular weight excluding hydrogens is 418 g/mol. The Labute approximate surface area is 188 Å². The normalized spacial score (nSPS) is 39.2. The number of hydrogen-bond acceptors (Lipinski definition) is 7. The predicted octanol–water partition coefficient (Wildman–Crippen LogP) is 2.37. The molecule has 4 aliphatic rings. The quantitative estimate of drug-likeness (QED) is 0.441. The summed E-state index contributed by atoms with van der Waals surface area (Å²) in [5.74, 6) is -1.05. The summed E-state index contributed by atoms with van der Waals surface area (Å²) in [6.07, 6.45) is 3.43. The number of carboxylic acids is 1. The molecule has 0 aromatic rings. The van der Waals surface area contributed by atoms with Crippen LogP contribution in [0.25, 0.3) is 0 Å². The van der Waals surface area contributed by atoms with Crippen LogP contribution in [0, 0.1) is 5.92 Å². The summed E-state index contributed by atoms with van der Waals surface area (Å²) in [6, 6.07) is 0. The van der Waals surface area contributed by atoms with E-state index in [9.17, 15) is 9.59 Å². The molecule has 1 N–H and O–H groups in total. The van der Waals surface area contributed by atoms with E-state index in [0.717, 1.165) is 12.8 Å². The van der Waals surface area contributed by atoms with E-state index in [1.54, 1.807) is 14.0 Å². The fourth-order valence-electron chi connectivity index (χ4n) is 5.49. The van der Waals surface area contributed by atoms with Gasteiger partial charge >= 0.3 is 12.1 Å². The number of methoxy groups -OCH3 is 1. The average Bonchev–Trinajstić information content (AvgIpc) is 3.61. The van der Waals surface area contributed by atoms with E-state index >= 15 is 0 Å². The molecule has 1 unspecified atom stereocenters. The third-order valence-electron chi connectivity index (χ3n) is 7.34. The Kier molecular flexibility index (Phi) is 6.07. The fraction of sp³-hybridized carbons (Fsp3) is 0.826. The standard InChI is InChI=1S/C23H35NO8/c1-14(2)6-7-16-22(4,32-16)19-18(28-5)15(8-9-23(19)13-30-23)31-20(27)24-11-21(3,12-24)29-10-17(25)26/h6,15-16,18-19H,7-13H2,1-5H3,(H,25,26)/t15-,16?,18-,19-,22+,23+/m1/s1. The SMILES string of the molecule is CO[C@@H]1[C@H](OC(=O)N2CC(C)(OCC(=O)O)C2)CC[C@]2(CO2)[C@H]1[C@@]1(C)OC1CC=C(C)C. The molecule has 4 fully saturated rings. The second-order valence-electron chi connectivity index (χ2n) is 10.3. The molecule has 3 saturated heterocycles. The van der Waals surface area contributed by atoms with Gasteiger partial charge in [-0.3, -0.25) is 0 Å². The highest BCUT2D eigenvalue weighted by Gasteiger charge is 2.72. The smallest absolute Gasteiger partial charge is 0.410 e.